The molecule has 5 heteroatoms. The Labute approximate surface area is 129 Å². The fourth-order valence-corrected chi connectivity index (χ4v) is 14.9. The van der Waals surface area contributed by atoms with Gasteiger partial charge < -0.3 is 8.54 Å². The van der Waals surface area contributed by atoms with Crippen LogP contribution >= 0.6 is 0 Å². The van der Waals surface area contributed by atoms with Gasteiger partial charge in [0.1, 0.15) is 0 Å². The molecule has 0 bridgehead atoms. The Balaban J connectivity index is 3.22. The highest BCUT2D eigenvalue weighted by molar-refractivity contribution is 6.86. The molecule has 20 heavy (non-hydrogen) atoms. The van der Waals surface area contributed by atoms with E-state index in [-0.39, 0.29) is 10.6 Å². The van der Waals surface area contributed by atoms with Gasteiger partial charge in [-0.25, -0.2) is 0 Å². The quantitative estimate of drug-likeness (QED) is 0.649. The Morgan fingerprint density at radius 1 is 1.20 bits per heavy atom. The van der Waals surface area contributed by atoms with Gasteiger partial charge in [0.2, 0.25) is 0 Å². The second kappa shape index (κ2) is 5.83. The molecule has 0 aliphatic carbocycles. The largest absolute Gasteiger partial charge is 0.455 e. The first-order valence-electron chi connectivity index (χ1n) is 8.00. The van der Waals surface area contributed by atoms with E-state index in [1.54, 1.807) is 0 Å². The fourth-order valence-electron chi connectivity index (χ4n) is 3.72. The van der Waals surface area contributed by atoms with Crippen LogP contribution < -0.4 is 0 Å². The van der Waals surface area contributed by atoms with E-state index < -0.39 is 25.7 Å². The molecular weight excluding hydrogens is 296 g/mol. The second-order valence-corrected chi connectivity index (χ2v) is 19.0. The van der Waals surface area contributed by atoms with Gasteiger partial charge in [0.15, 0.2) is 25.7 Å². The molecule has 0 aromatic rings. The molecule has 118 valence electrons. The molecule has 1 rings (SSSR count). The van der Waals surface area contributed by atoms with Crippen LogP contribution in [-0.2, 0) is 8.54 Å². The molecule has 0 radical (unpaired) electrons. The molecule has 0 spiro atoms. The molecule has 1 aliphatic rings. The molecule has 0 amide bonds. The highest BCUT2D eigenvalue weighted by atomic mass is 28.4. The Kier molecular flexibility index (Phi) is 5.36. The molecular formula is C15H34O2Si3. The smallest absolute Gasteiger partial charge is 0.199 e. The Hall–Kier alpha value is 0.311. The van der Waals surface area contributed by atoms with E-state index in [9.17, 15) is 0 Å². The van der Waals surface area contributed by atoms with E-state index in [2.05, 4.69) is 71.8 Å². The first-order chi connectivity index (χ1) is 8.93. The van der Waals surface area contributed by atoms with Gasteiger partial charge in [0.25, 0.3) is 0 Å². The summed E-state index contributed by atoms with van der Waals surface area (Å²) in [5.74, 6) is 0. The van der Waals surface area contributed by atoms with Crippen molar-refractivity contribution in [3.63, 3.8) is 0 Å². The summed E-state index contributed by atoms with van der Waals surface area (Å²) < 4.78 is 13.3. The van der Waals surface area contributed by atoms with E-state index in [1.165, 1.54) is 0 Å². The standard InChI is InChI=1S/C15H34O2Si3/c1-10-14(3,20(8,9)17-19(5,6)7)15(11-2)12-13-18(4)16-15/h12-13,18H,10-11H2,1-9H3. The third-order valence-corrected chi connectivity index (χ3v) is 14.5. The van der Waals surface area contributed by atoms with Crippen molar-refractivity contribution in [3.05, 3.63) is 11.8 Å². The summed E-state index contributed by atoms with van der Waals surface area (Å²) in [6.07, 6.45) is 4.56. The van der Waals surface area contributed by atoms with Crippen LogP contribution in [0.15, 0.2) is 11.8 Å². The normalized spacial score (nSPS) is 30.6. The number of hydrogen-bond donors (Lipinski definition) is 0. The molecule has 3 atom stereocenters. The third kappa shape index (κ3) is 3.22. The summed E-state index contributed by atoms with van der Waals surface area (Å²) >= 11 is 0. The lowest BCUT2D eigenvalue weighted by molar-refractivity contribution is 0.0641. The summed E-state index contributed by atoms with van der Waals surface area (Å²) in [5.41, 5.74) is 2.26. The van der Waals surface area contributed by atoms with Crippen molar-refractivity contribution in [2.24, 2.45) is 0 Å². The monoisotopic (exact) mass is 330 g/mol. The van der Waals surface area contributed by atoms with Crippen LogP contribution in [-0.4, -0.2) is 31.3 Å². The van der Waals surface area contributed by atoms with Crippen molar-refractivity contribution < 1.29 is 8.54 Å². The Bertz CT molecular complexity index is 376. The zero-order valence-corrected chi connectivity index (χ0v) is 18.1. The molecule has 0 saturated heterocycles. The topological polar surface area (TPSA) is 18.5 Å². The van der Waals surface area contributed by atoms with Gasteiger partial charge in [-0.15, -0.1) is 0 Å². The molecule has 2 nitrogen and oxygen atoms in total. The molecule has 0 saturated carbocycles. The van der Waals surface area contributed by atoms with E-state index in [1.807, 2.05) is 0 Å². The SMILES string of the molecule is CCC1(C(C)(CC)[Si](C)(C)O[Si](C)(C)C)C=C[SiH](C)O1. The van der Waals surface area contributed by atoms with E-state index >= 15 is 0 Å². The summed E-state index contributed by atoms with van der Waals surface area (Å²) in [5, 5.41) is 0.128. The van der Waals surface area contributed by atoms with Crippen molar-refractivity contribution in [1.29, 1.82) is 0 Å². The highest BCUT2D eigenvalue weighted by Gasteiger charge is 2.58. The van der Waals surface area contributed by atoms with Crippen molar-refractivity contribution >= 4 is 25.7 Å². The lowest BCUT2D eigenvalue weighted by Crippen LogP contribution is -2.59. The zero-order valence-electron chi connectivity index (χ0n) is 15.0. The molecule has 3 unspecified atom stereocenters. The first kappa shape index (κ1) is 18.4. The van der Waals surface area contributed by atoms with Crippen molar-refractivity contribution in [2.75, 3.05) is 0 Å². The maximum atomic E-state index is 6.74. The summed E-state index contributed by atoms with van der Waals surface area (Å²) in [4.78, 5) is 0. The molecule has 1 aliphatic heterocycles. The first-order valence-corrected chi connectivity index (χ1v) is 16.6. The van der Waals surface area contributed by atoms with E-state index in [4.69, 9.17) is 8.54 Å². The van der Waals surface area contributed by atoms with Crippen LogP contribution in [0.5, 0.6) is 0 Å². The van der Waals surface area contributed by atoms with Crippen molar-refractivity contribution in [2.45, 2.75) is 83.5 Å². The predicted molar refractivity (Wildman–Crippen MR) is 96.8 cm³/mol. The summed E-state index contributed by atoms with van der Waals surface area (Å²) in [7, 11) is -4.54. The minimum absolute atomic E-state index is 0.0945. The molecule has 0 aromatic carbocycles. The second-order valence-electron chi connectivity index (χ2n) is 7.84. The van der Waals surface area contributed by atoms with Gasteiger partial charge in [-0.05, 0) is 52.1 Å². The summed E-state index contributed by atoms with van der Waals surface area (Å²) in [6, 6.07) is 0. The Morgan fingerprint density at radius 3 is 2.05 bits per heavy atom. The highest BCUT2D eigenvalue weighted by Crippen LogP contribution is 2.56. The van der Waals surface area contributed by atoms with Crippen molar-refractivity contribution in [3.8, 4) is 0 Å². The van der Waals surface area contributed by atoms with Gasteiger partial charge in [-0.3, -0.25) is 0 Å². The van der Waals surface area contributed by atoms with E-state index in [0.717, 1.165) is 12.8 Å². The van der Waals surface area contributed by atoms with Crippen LogP contribution in [0.1, 0.15) is 33.6 Å². The van der Waals surface area contributed by atoms with E-state index in [0.29, 0.717) is 0 Å². The molecule has 0 fully saturated rings. The van der Waals surface area contributed by atoms with Gasteiger partial charge in [0, 0.05) is 5.04 Å². The average Bonchev–Trinajstić information content (AvgIpc) is 2.68. The molecule has 1 heterocycles. The molecule has 0 N–H and O–H groups in total. The van der Waals surface area contributed by atoms with Crippen LogP contribution in [0.4, 0.5) is 0 Å². The predicted octanol–water partition coefficient (Wildman–Crippen LogP) is 4.84. The van der Waals surface area contributed by atoms with Gasteiger partial charge in [0.05, 0.1) is 5.60 Å². The number of rotatable bonds is 6. The maximum Gasteiger partial charge on any atom is 0.199 e. The minimum atomic E-state index is -1.87. The van der Waals surface area contributed by atoms with Crippen LogP contribution in [0, 0.1) is 0 Å². The molecule has 0 aromatic heterocycles. The van der Waals surface area contributed by atoms with Gasteiger partial charge in [-0.2, -0.15) is 0 Å². The van der Waals surface area contributed by atoms with Crippen molar-refractivity contribution in [1.82, 2.24) is 0 Å². The minimum Gasteiger partial charge on any atom is -0.455 e. The van der Waals surface area contributed by atoms with Crippen LogP contribution in [0.25, 0.3) is 0 Å². The summed E-state index contributed by atoms with van der Waals surface area (Å²) in [6.45, 7) is 21.0. The Morgan fingerprint density at radius 2 is 1.75 bits per heavy atom. The van der Waals surface area contributed by atoms with Crippen LogP contribution in [0.2, 0.25) is 44.3 Å². The maximum absolute atomic E-state index is 6.74. The zero-order chi connectivity index (χ0) is 15.8. The number of hydrogen-bond acceptors (Lipinski definition) is 2. The lowest BCUT2D eigenvalue weighted by atomic mass is 9.83. The fraction of sp³-hybridized carbons (Fsp3) is 0.867. The van der Waals surface area contributed by atoms with Crippen LogP contribution in [0.3, 0.4) is 0 Å². The van der Waals surface area contributed by atoms with Gasteiger partial charge >= 0.3 is 0 Å². The lowest BCUT2D eigenvalue weighted by Gasteiger charge is -2.54. The average molecular weight is 331 g/mol. The third-order valence-electron chi connectivity index (χ3n) is 5.09. The van der Waals surface area contributed by atoms with Gasteiger partial charge in [-0.1, -0.05) is 32.5 Å².